The van der Waals surface area contributed by atoms with Crippen molar-refractivity contribution in [3.8, 4) is 0 Å². The molecule has 0 bridgehead atoms. The highest BCUT2D eigenvalue weighted by Gasteiger charge is 2.41. The monoisotopic (exact) mass is 222 g/mol. The van der Waals surface area contributed by atoms with Crippen molar-refractivity contribution in [1.82, 2.24) is 5.32 Å². The van der Waals surface area contributed by atoms with E-state index in [0.29, 0.717) is 6.04 Å². The van der Waals surface area contributed by atoms with Gasteiger partial charge < -0.3 is 11.1 Å². The molecule has 3 aliphatic rings. The summed E-state index contributed by atoms with van der Waals surface area (Å²) in [5, 5.41) is 3.86. The minimum absolute atomic E-state index is 0.473. The predicted octanol–water partition coefficient (Wildman–Crippen LogP) is 2.28. The first-order valence-corrected chi connectivity index (χ1v) is 7.33. The van der Waals surface area contributed by atoms with Crippen LogP contribution in [0.3, 0.4) is 0 Å². The van der Waals surface area contributed by atoms with Crippen LogP contribution in [-0.4, -0.2) is 18.6 Å². The Hall–Kier alpha value is -0.0800. The first kappa shape index (κ1) is 11.0. The second-order valence-electron chi connectivity index (χ2n) is 6.32. The molecule has 0 spiro atoms. The van der Waals surface area contributed by atoms with Gasteiger partial charge in [-0.1, -0.05) is 12.8 Å². The molecule has 2 heteroatoms. The van der Waals surface area contributed by atoms with Gasteiger partial charge in [0.2, 0.25) is 0 Å². The fourth-order valence-corrected chi connectivity index (χ4v) is 3.41. The van der Waals surface area contributed by atoms with Crippen LogP contribution in [0, 0.1) is 17.8 Å². The second kappa shape index (κ2) is 4.66. The highest BCUT2D eigenvalue weighted by atomic mass is 15.0. The molecule has 92 valence electrons. The van der Waals surface area contributed by atoms with Crippen LogP contribution in [0.25, 0.3) is 0 Å². The lowest BCUT2D eigenvalue weighted by Gasteiger charge is -2.30. The van der Waals surface area contributed by atoms with Gasteiger partial charge in [0.25, 0.3) is 0 Å². The molecule has 3 fully saturated rings. The number of rotatable bonds is 5. The van der Waals surface area contributed by atoms with E-state index < -0.39 is 0 Å². The number of nitrogens with one attached hydrogen (secondary N) is 1. The topological polar surface area (TPSA) is 38.0 Å². The van der Waals surface area contributed by atoms with E-state index in [9.17, 15) is 0 Å². The molecule has 0 heterocycles. The van der Waals surface area contributed by atoms with Gasteiger partial charge in [0.05, 0.1) is 0 Å². The molecule has 0 radical (unpaired) electrons. The zero-order valence-corrected chi connectivity index (χ0v) is 10.3. The van der Waals surface area contributed by atoms with E-state index in [1.807, 2.05) is 0 Å². The van der Waals surface area contributed by atoms with Crippen LogP contribution in [0.2, 0.25) is 0 Å². The van der Waals surface area contributed by atoms with Crippen LogP contribution in [0.15, 0.2) is 0 Å². The molecule has 0 saturated heterocycles. The molecule has 0 amide bonds. The van der Waals surface area contributed by atoms with Crippen LogP contribution in [0.1, 0.15) is 51.4 Å². The highest BCUT2D eigenvalue weighted by Crippen LogP contribution is 2.44. The molecule has 3 saturated carbocycles. The van der Waals surface area contributed by atoms with Crippen LogP contribution in [0.5, 0.6) is 0 Å². The van der Waals surface area contributed by atoms with Crippen LogP contribution >= 0.6 is 0 Å². The van der Waals surface area contributed by atoms with Crippen LogP contribution in [-0.2, 0) is 0 Å². The fraction of sp³-hybridized carbons (Fsp3) is 1.00. The van der Waals surface area contributed by atoms with E-state index in [-0.39, 0.29) is 0 Å². The molecule has 16 heavy (non-hydrogen) atoms. The molecule has 3 N–H and O–H groups in total. The lowest BCUT2D eigenvalue weighted by molar-refractivity contribution is 0.274. The number of hydrogen-bond acceptors (Lipinski definition) is 2. The zero-order valence-electron chi connectivity index (χ0n) is 10.3. The fourth-order valence-electron chi connectivity index (χ4n) is 3.41. The molecule has 3 rings (SSSR count). The van der Waals surface area contributed by atoms with Gasteiger partial charge >= 0.3 is 0 Å². The zero-order chi connectivity index (χ0) is 11.0. The summed E-state index contributed by atoms with van der Waals surface area (Å²) >= 11 is 0. The van der Waals surface area contributed by atoms with Gasteiger partial charge in [0, 0.05) is 12.1 Å². The maximum atomic E-state index is 6.21. The summed E-state index contributed by atoms with van der Waals surface area (Å²) in [6.07, 6.45) is 11.3. The minimum Gasteiger partial charge on any atom is -0.327 e. The van der Waals surface area contributed by atoms with Gasteiger partial charge in [-0.05, 0) is 62.8 Å². The summed E-state index contributed by atoms with van der Waals surface area (Å²) in [4.78, 5) is 0. The molecule has 2 nitrogen and oxygen atoms in total. The lowest BCUT2D eigenvalue weighted by Crippen LogP contribution is -2.43. The molecule has 0 aliphatic heterocycles. The molecule has 0 aromatic rings. The Morgan fingerprint density at radius 2 is 1.56 bits per heavy atom. The first-order chi connectivity index (χ1) is 7.84. The van der Waals surface area contributed by atoms with E-state index in [4.69, 9.17) is 5.73 Å². The summed E-state index contributed by atoms with van der Waals surface area (Å²) < 4.78 is 0. The van der Waals surface area contributed by atoms with Crippen molar-refractivity contribution in [2.24, 2.45) is 23.5 Å². The summed E-state index contributed by atoms with van der Waals surface area (Å²) in [5.74, 6) is 2.80. The second-order valence-corrected chi connectivity index (χ2v) is 6.32. The lowest BCUT2D eigenvalue weighted by atomic mass is 9.85. The Bertz CT molecular complexity index is 221. The number of nitrogens with two attached hydrogens (primary N) is 1. The van der Waals surface area contributed by atoms with Gasteiger partial charge in [-0.2, -0.15) is 0 Å². The standard InChI is InChI=1S/C14H26N2/c15-13-4-2-1-3-12(13)9-16-14(10-5-6-10)11-7-8-11/h10-14,16H,1-9,15H2. The molecule has 2 atom stereocenters. The third-order valence-corrected chi connectivity index (χ3v) is 4.84. The quantitative estimate of drug-likeness (QED) is 0.749. The van der Waals surface area contributed by atoms with Crippen molar-refractivity contribution in [3.63, 3.8) is 0 Å². The highest BCUT2D eigenvalue weighted by molar-refractivity contribution is 4.97. The summed E-state index contributed by atoms with van der Waals surface area (Å²) in [6, 6.07) is 1.33. The van der Waals surface area contributed by atoms with Crippen molar-refractivity contribution in [2.75, 3.05) is 6.54 Å². The van der Waals surface area contributed by atoms with E-state index in [1.165, 1.54) is 57.9 Å². The van der Waals surface area contributed by atoms with E-state index >= 15 is 0 Å². The predicted molar refractivity (Wildman–Crippen MR) is 67.2 cm³/mol. The van der Waals surface area contributed by atoms with Crippen molar-refractivity contribution in [1.29, 1.82) is 0 Å². The third-order valence-electron chi connectivity index (χ3n) is 4.84. The maximum Gasteiger partial charge on any atom is 0.0124 e. The van der Waals surface area contributed by atoms with Crippen molar-refractivity contribution in [2.45, 2.75) is 63.5 Å². The maximum absolute atomic E-state index is 6.21. The van der Waals surface area contributed by atoms with Gasteiger partial charge in [0.15, 0.2) is 0 Å². The Labute approximate surface area is 99.4 Å². The Kier molecular flexibility index (Phi) is 3.21. The van der Waals surface area contributed by atoms with E-state index in [0.717, 1.165) is 23.8 Å². The number of hydrogen-bond donors (Lipinski definition) is 2. The third kappa shape index (κ3) is 2.60. The normalized spacial score (nSPS) is 35.6. The van der Waals surface area contributed by atoms with Gasteiger partial charge in [-0.3, -0.25) is 0 Å². The van der Waals surface area contributed by atoms with Gasteiger partial charge in [0.1, 0.15) is 0 Å². The average molecular weight is 222 g/mol. The Morgan fingerprint density at radius 3 is 2.12 bits per heavy atom. The average Bonchev–Trinajstić information content (AvgIpc) is 3.15. The van der Waals surface area contributed by atoms with Gasteiger partial charge in [-0.15, -0.1) is 0 Å². The first-order valence-electron chi connectivity index (χ1n) is 7.33. The Morgan fingerprint density at radius 1 is 0.938 bits per heavy atom. The van der Waals surface area contributed by atoms with Crippen LogP contribution in [0.4, 0.5) is 0 Å². The van der Waals surface area contributed by atoms with Crippen molar-refractivity contribution < 1.29 is 0 Å². The molecular weight excluding hydrogens is 196 g/mol. The molecule has 2 unspecified atom stereocenters. The molecule has 3 aliphatic carbocycles. The molecule has 0 aromatic heterocycles. The van der Waals surface area contributed by atoms with Crippen LogP contribution < -0.4 is 11.1 Å². The molecule has 0 aromatic carbocycles. The minimum atomic E-state index is 0.473. The Balaban J connectivity index is 1.46. The van der Waals surface area contributed by atoms with E-state index in [2.05, 4.69) is 5.32 Å². The SMILES string of the molecule is NC1CCCCC1CNC(C1CC1)C1CC1. The largest absolute Gasteiger partial charge is 0.327 e. The smallest absolute Gasteiger partial charge is 0.0124 e. The van der Waals surface area contributed by atoms with Crippen molar-refractivity contribution in [3.05, 3.63) is 0 Å². The summed E-state index contributed by atoms with van der Waals surface area (Å²) in [5.41, 5.74) is 6.21. The van der Waals surface area contributed by atoms with Gasteiger partial charge in [-0.25, -0.2) is 0 Å². The summed E-state index contributed by atoms with van der Waals surface area (Å²) in [6.45, 7) is 1.19. The van der Waals surface area contributed by atoms with E-state index in [1.54, 1.807) is 0 Å². The summed E-state index contributed by atoms with van der Waals surface area (Å²) in [7, 11) is 0. The van der Waals surface area contributed by atoms with Crippen molar-refractivity contribution >= 4 is 0 Å². The molecular formula is C14H26N2.